The molecule has 0 spiro atoms. The summed E-state index contributed by atoms with van der Waals surface area (Å²) in [5.41, 5.74) is 12.1. The van der Waals surface area contributed by atoms with Gasteiger partial charge in [-0.2, -0.15) is 0 Å². The minimum Gasteiger partial charge on any atom is -0.384 e. The zero-order valence-electron chi connectivity index (χ0n) is 7.81. The van der Waals surface area contributed by atoms with Crippen molar-refractivity contribution in [1.29, 1.82) is 0 Å². The van der Waals surface area contributed by atoms with Crippen molar-refractivity contribution in [2.75, 3.05) is 11.5 Å². The van der Waals surface area contributed by atoms with Gasteiger partial charge in [0, 0.05) is 16.1 Å². The second-order valence-corrected chi connectivity index (χ2v) is 3.96. The smallest absolute Gasteiger partial charge is 0.163 e. The van der Waals surface area contributed by atoms with E-state index in [1.807, 2.05) is 24.3 Å². The van der Waals surface area contributed by atoms with Crippen LogP contribution in [-0.4, -0.2) is 9.97 Å². The topological polar surface area (TPSA) is 77.8 Å². The molecule has 0 saturated heterocycles. The van der Waals surface area contributed by atoms with Crippen molar-refractivity contribution < 1.29 is 0 Å². The highest BCUT2D eigenvalue weighted by molar-refractivity contribution is 9.10. The van der Waals surface area contributed by atoms with Crippen LogP contribution in [0, 0.1) is 0 Å². The Morgan fingerprint density at radius 2 is 1.47 bits per heavy atom. The van der Waals surface area contributed by atoms with Crippen molar-refractivity contribution in [2.24, 2.45) is 0 Å². The fourth-order valence-electron chi connectivity index (χ4n) is 1.21. The zero-order valence-corrected chi connectivity index (χ0v) is 9.40. The highest BCUT2D eigenvalue weighted by Crippen LogP contribution is 2.20. The van der Waals surface area contributed by atoms with Gasteiger partial charge in [-0.3, -0.25) is 0 Å². The van der Waals surface area contributed by atoms with E-state index in [0.717, 1.165) is 10.0 Å². The first-order chi connectivity index (χ1) is 7.15. The van der Waals surface area contributed by atoms with Crippen molar-refractivity contribution in [3.05, 3.63) is 34.8 Å². The molecule has 2 aromatic rings. The summed E-state index contributed by atoms with van der Waals surface area (Å²) in [5.74, 6) is 1.29. The molecule has 0 bridgehead atoms. The predicted molar refractivity (Wildman–Crippen MR) is 64.0 cm³/mol. The Hall–Kier alpha value is -1.62. The van der Waals surface area contributed by atoms with Crippen molar-refractivity contribution >= 4 is 27.6 Å². The summed E-state index contributed by atoms with van der Waals surface area (Å²) in [6.07, 6.45) is 0. The number of aromatic nitrogens is 2. The molecular weight excluding hydrogens is 256 g/mol. The Morgan fingerprint density at radius 3 is 2.00 bits per heavy atom. The summed E-state index contributed by atoms with van der Waals surface area (Å²) in [7, 11) is 0. The third kappa shape index (κ3) is 2.24. The van der Waals surface area contributed by atoms with Crippen molar-refractivity contribution in [2.45, 2.75) is 0 Å². The molecule has 0 atom stereocenters. The summed E-state index contributed by atoms with van der Waals surface area (Å²) in [4.78, 5) is 8.21. The molecule has 0 aliphatic rings. The lowest BCUT2D eigenvalue weighted by Crippen LogP contribution is -1.99. The average molecular weight is 265 g/mol. The lowest BCUT2D eigenvalue weighted by atomic mass is 10.2. The summed E-state index contributed by atoms with van der Waals surface area (Å²) in [6, 6.07) is 9.16. The normalized spacial score (nSPS) is 10.2. The Bertz CT molecular complexity index is 461. The first-order valence-corrected chi connectivity index (χ1v) is 5.10. The predicted octanol–water partition coefficient (Wildman–Crippen LogP) is 2.07. The molecule has 76 valence electrons. The number of anilines is 2. The van der Waals surface area contributed by atoms with E-state index in [1.165, 1.54) is 6.07 Å². The van der Waals surface area contributed by atoms with E-state index < -0.39 is 0 Å². The number of benzene rings is 1. The van der Waals surface area contributed by atoms with Crippen LogP contribution in [0.3, 0.4) is 0 Å². The Kier molecular flexibility index (Phi) is 2.55. The van der Waals surface area contributed by atoms with E-state index in [9.17, 15) is 0 Å². The molecule has 0 aliphatic heterocycles. The van der Waals surface area contributed by atoms with Gasteiger partial charge in [0.15, 0.2) is 5.82 Å². The summed E-state index contributed by atoms with van der Waals surface area (Å²) < 4.78 is 1.00. The molecule has 0 aliphatic carbocycles. The molecule has 1 aromatic carbocycles. The van der Waals surface area contributed by atoms with Crippen LogP contribution in [0.15, 0.2) is 34.8 Å². The SMILES string of the molecule is Nc1cc(N)nc(-c2ccc(Br)cc2)n1. The first kappa shape index (κ1) is 9.92. The van der Waals surface area contributed by atoms with E-state index in [2.05, 4.69) is 25.9 Å². The van der Waals surface area contributed by atoms with Gasteiger partial charge in [-0.25, -0.2) is 9.97 Å². The lowest BCUT2D eigenvalue weighted by molar-refractivity contribution is 1.19. The number of hydrogen-bond acceptors (Lipinski definition) is 4. The summed E-state index contributed by atoms with van der Waals surface area (Å²) in [5, 5.41) is 0. The van der Waals surface area contributed by atoms with Gasteiger partial charge in [0.25, 0.3) is 0 Å². The highest BCUT2D eigenvalue weighted by atomic mass is 79.9. The number of nitrogen functional groups attached to an aromatic ring is 2. The van der Waals surface area contributed by atoms with Gasteiger partial charge >= 0.3 is 0 Å². The quantitative estimate of drug-likeness (QED) is 0.827. The maximum atomic E-state index is 5.59. The minimum absolute atomic E-state index is 0.375. The highest BCUT2D eigenvalue weighted by Gasteiger charge is 2.03. The summed E-state index contributed by atoms with van der Waals surface area (Å²) >= 11 is 3.36. The van der Waals surface area contributed by atoms with Crippen LogP contribution in [-0.2, 0) is 0 Å². The molecule has 0 saturated carbocycles. The zero-order chi connectivity index (χ0) is 10.8. The largest absolute Gasteiger partial charge is 0.384 e. The molecule has 1 heterocycles. The molecule has 2 rings (SSSR count). The third-order valence-corrected chi connectivity index (χ3v) is 2.40. The van der Waals surface area contributed by atoms with Crippen LogP contribution in [0.5, 0.6) is 0 Å². The Balaban J connectivity index is 2.49. The number of hydrogen-bond donors (Lipinski definition) is 2. The summed E-state index contributed by atoms with van der Waals surface area (Å²) in [6.45, 7) is 0. The van der Waals surface area contributed by atoms with E-state index in [0.29, 0.717) is 17.5 Å². The fourth-order valence-corrected chi connectivity index (χ4v) is 1.48. The van der Waals surface area contributed by atoms with E-state index in [1.54, 1.807) is 0 Å². The molecule has 15 heavy (non-hydrogen) atoms. The number of nitrogens with zero attached hydrogens (tertiary/aromatic N) is 2. The van der Waals surface area contributed by atoms with Gasteiger partial charge in [-0.05, 0) is 12.1 Å². The number of rotatable bonds is 1. The van der Waals surface area contributed by atoms with Crippen LogP contribution in [0.2, 0.25) is 0 Å². The molecule has 4 nitrogen and oxygen atoms in total. The first-order valence-electron chi connectivity index (χ1n) is 4.31. The number of halogens is 1. The van der Waals surface area contributed by atoms with E-state index in [-0.39, 0.29) is 0 Å². The average Bonchev–Trinajstić information content (AvgIpc) is 2.17. The van der Waals surface area contributed by atoms with Crippen LogP contribution in [0.25, 0.3) is 11.4 Å². The van der Waals surface area contributed by atoms with Crippen molar-refractivity contribution in [1.82, 2.24) is 9.97 Å². The molecule has 0 unspecified atom stereocenters. The monoisotopic (exact) mass is 264 g/mol. The van der Waals surface area contributed by atoms with Gasteiger partial charge < -0.3 is 11.5 Å². The molecule has 0 fully saturated rings. The van der Waals surface area contributed by atoms with Crippen LogP contribution in [0.1, 0.15) is 0 Å². The van der Waals surface area contributed by atoms with Gasteiger partial charge in [-0.1, -0.05) is 28.1 Å². The second kappa shape index (κ2) is 3.86. The lowest BCUT2D eigenvalue weighted by Gasteiger charge is -2.02. The maximum Gasteiger partial charge on any atom is 0.163 e. The Morgan fingerprint density at radius 1 is 0.933 bits per heavy atom. The van der Waals surface area contributed by atoms with Gasteiger partial charge in [0.05, 0.1) is 0 Å². The van der Waals surface area contributed by atoms with Crippen molar-refractivity contribution in [3.8, 4) is 11.4 Å². The fraction of sp³-hybridized carbons (Fsp3) is 0. The third-order valence-electron chi connectivity index (χ3n) is 1.87. The number of nitrogens with two attached hydrogens (primary N) is 2. The van der Waals surface area contributed by atoms with Gasteiger partial charge in [0.2, 0.25) is 0 Å². The van der Waals surface area contributed by atoms with E-state index in [4.69, 9.17) is 11.5 Å². The second-order valence-electron chi connectivity index (χ2n) is 3.05. The van der Waals surface area contributed by atoms with Crippen molar-refractivity contribution in [3.63, 3.8) is 0 Å². The van der Waals surface area contributed by atoms with Gasteiger partial charge in [-0.15, -0.1) is 0 Å². The van der Waals surface area contributed by atoms with E-state index >= 15 is 0 Å². The molecule has 1 aromatic heterocycles. The molecular formula is C10H9BrN4. The van der Waals surface area contributed by atoms with Crippen LogP contribution in [0.4, 0.5) is 11.6 Å². The van der Waals surface area contributed by atoms with Gasteiger partial charge in [0.1, 0.15) is 11.6 Å². The van der Waals surface area contributed by atoms with Crippen LogP contribution >= 0.6 is 15.9 Å². The maximum absolute atomic E-state index is 5.59. The van der Waals surface area contributed by atoms with Crippen LogP contribution < -0.4 is 11.5 Å². The minimum atomic E-state index is 0.375. The Labute approximate surface area is 95.5 Å². The molecule has 0 amide bonds. The molecule has 5 heteroatoms. The molecule has 4 N–H and O–H groups in total. The standard InChI is InChI=1S/C10H9BrN4/c11-7-3-1-6(2-4-7)10-14-8(12)5-9(13)15-10/h1-5H,(H4,12,13,14,15). The molecule has 0 radical (unpaired) electrons.